The van der Waals surface area contributed by atoms with Gasteiger partial charge in [-0.05, 0) is 31.2 Å². The Bertz CT molecular complexity index is 707. The summed E-state index contributed by atoms with van der Waals surface area (Å²) in [6.07, 6.45) is 0. The fourth-order valence-corrected chi connectivity index (χ4v) is 2.40. The van der Waals surface area contributed by atoms with E-state index in [0.717, 1.165) is 11.4 Å². The Morgan fingerprint density at radius 2 is 1.05 bits per heavy atom. The maximum Gasteiger partial charge on any atom is 0.124 e. The lowest BCUT2D eigenvalue weighted by Gasteiger charge is -2.26. The highest BCUT2D eigenvalue weighted by Gasteiger charge is 2.15. The Hall–Kier alpha value is -2.94. The maximum atomic E-state index is 10.0. The number of aromatic hydroxyl groups is 2. The number of hydrogen-bond donors (Lipinski definition) is 2. The predicted octanol–water partition coefficient (Wildman–Crippen LogP) is 4.88. The first-order valence-electron chi connectivity index (χ1n) is 7.09. The molecular weight excluding hydrogens is 274 g/mol. The van der Waals surface area contributed by atoms with Gasteiger partial charge < -0.3 is 15.1 Å². The van der Waals surface area contributed by atoms with Crippen molar-refractivity contribution in [1.29, 1.82) is 0 Å². The van der Waals surface area contributed by atoms with Gasteiger partial charge in [0.05, 0.1) is 5.69 Å². The molecule has 3 nitrogen and oxygen atoms in total. The summed E-state index contributed by atoms with van der Waals surface area (Å²) in [7, 11) is 0. The van der Waals surface area contributed by atoms with Gasteiger partial charge in [0, 0.05) is 29.1 Å². The highest BCUT2D eigenvalue weighted by atomic mass is 16.3. The van der Waals surface area contributed by atoms with Crippen molar-refractivity contribution in [2.45, 2.75) is 6.92 Å². The quantitative estimate of drug-likeness (QED) is 0.723. The number of benzene rings is 3. The molecule has 0 aliphatic carbocycles. The maximum absolute atomic E-state index is 10.0. The van der Waals surface area contributed by atoms with Crippen LogP contribution < -0.4 is 4.90 Å². The summed E-state index contributed by atoms with van der Waals surface area (Å²) < 4.78 is 0. The first-order valence-corrected chi connectivity index (χ1v) is 7.09. The summed E-state index contributed by atoms with van der Waals surface area (Å²) in [5.74, 6) is 0.152. The largest absolute Gasteiger partial charge is 0.507 e. The summed E-state index contributed by atoms with van der Waals surface area (Å²) in [5.41, 5.74) is 3.09. The number of rotatable bonds is 3. The second-order valence-electron chi connectivity index (χ2n) is 5.12. The number of nitrogens with zero attached hydrogens (tertiary/aromatic N) is 1. The van der Waals surface area contributed by atoms with Crippen LogP contribution in [-0.2, 0) is 0 Å². The Kier molecular flexibility index (Phi) is 3.71. The molecule has 0 radical (unpaired) electrons. The number of anilines is 3. The van der Waals surface area contributed by atoms with Crippen molar-refractivity contribution in [3.05, 3.63) is 78.4 Å². The van der Waals surface area contributed by atoms with Gasteiger partial charge >= 0.3 is 0 Å². The lowest BCUT2D eigenvalue weighted by molar-refractivity contribution is 0.443. The fourth-order valence-electron chi connectivity index (χ4n) is 2.40. The monoisotopic (exact) mass is 291 g/mol. The van der Waals surface area contributed by atoms with Crippen molar-refractivity contribution in [1.82, 2.24) is 0 Å². The van der Waals surface area contributed by atoms with E-state index in [1.807, 2.05) is 65.6 Å². The van der Waals surface area contributed by atoms with Crippen LogP contribution in [0.15, 0.2) is 72.8 Å². The van der Waals surface area contributed by atoms with Crippen LogP contribution in [0.5, 0.6) is 11.5 Å². The molecule has 110 valence electrons. The molecule has 3 aromatic carbocycles. The zero-order valence-electron chi connectivity index (χ0n) is 12.3. The van der Waals surface area contributed by atoms with Crippen molar-refractivity contribution < 1.29 is 10.2 Å². The summed E-state index contributed by atoms with van der Waals surface area (Å²) in [6, 6.07) is 23.0. The average Bonchev–Trinajstić information content (AvgIpc) is 2.55. The minimum absolute atomic E-state index is 0.0758. The van der Waals surface area contributed by atoms with Crippen LogP contribution in [0.2, 0.25) is 0 Å². The Labute approximate surface area is 129 Å². The molecule has 0 aromatic heterocycles. The molecule has 0 spiro atoms. The molecular formula is C19H17NO2. The van der Waals surface area contributed by atoms with Gasteiger partial charge in [-0.1, -0.05) is 36.4 Å². The molecule has 3 heteroatoms. The van der Waals surface area contributed by atoms with E-state index in [-0.39, 0.29) is 11.5 Å². The van der Waals surface area contributed by atoms with Gasteiger partial charge in [-0.25, -0.2) is 0 Å². The molecule has 0 bridgehead atoms. The first kappa shape index (κ1) is 14.0. The van der Waals surface area contributed by atoms with Gasteiger partial charge in [-0.15, -0.1) is 0 Å². The Morgan fingerprint density at radius 1 is 0.636 bits per heavy atom. The summed E-state index contributed by atoms with van der Waals surface area (Å²) in [6.45, 7) is 1.68. The van der Waals surface area contributed by atoms with E-state index in [2.05, 4.69) is 0 Å². The van der Waals surface area contributed by atoms with Crippen molar-refractivity contribution in [2.75, 3.05) is 4.90 Å². The van der Waals surface area contributed by atoms with E-state index in [4.69, 9.17) is 0 Å². The van der Waals surface area contributed by atoms with Crippen LogP contribution in [0.25, 0.3) is 0 Å². The van der Waals surface area contributed by atoms with Gasteiger partial charge in [0.2, 0.25) is 0 Å². The third kappa shape index (κ3) is 2.61. The number of phenolic OH excluding ortho intramolecular Hbond substituents is 2. The molecule has 2 N–H and O–H groups in total. The third-order valence-electron chi connectivity index (χ3n) is 3.62. The lowest BCUT2D eigenvalue weighted by atomic mass is 10.1. The molecule has 0 aliphatic rings. The lowest BCUT2D eigenvalue weighted by Crippen LogP contribution is -2.09. The van der Waals surface area contributed by atoms with E-state index in [9.17, 15) is 10.2 Å². The van der Waals surface area contributed by atoms with Crippen molar-refractivity contribution in [3.63, 3.8) is 0 Å². The zero-order chi connectivity index (χ0) is 15.5. The summed E-state index contributed by atoms with van der Waals surface area (Å²) >= 11 is 0. The topological polar surface area (TPSA) is 43.7 Å². The summed E-state index contributed by atoms with van der Waals surface area (Å²) in [5, 5.41) is 20.1. The minimum atomic E-state index is 0.0758. The molecule has 3 rings (SSSR count). The SMILES string of the molecule is Cc1c(O)cc(N(c2ccccc2)c2ccccc2)cc1O. The normalized spacial score (nSPS) is 10.4. The molecule has 0 heterocycles. The van der Waals surface area contributed by atoms with Crippen LogP contribution in [-0.4, -0.2) is 10.2 Å². The van der Waals surface area contributed by atoms with Crippen molar-refractivity contribution in [3.8, 4) is 11.5 Å². The van der Waals surface area contributed by atoms with Crippen LogP contribution in [0.4, 0.5) is 17.1 Å². The van der Waals surface area contributed by atoms with Gasteiger partial charge in [-0.3, -0.25) is 0 Å². The number of para-hydroxylation sites is 2. The van der Waals surface area contributed by atoms with Gasteiger partial charge in [-0.2, -0.15) is 0 Å². The van der Waals surface area contributed by atoms with Crippen LogP contribution in [0.3, 0.4) is 0 Å². The van der Waals surface area contributed by atoms with Gasteiger partial charge in [0.15, 0.2) is 0 Å². The molecule has 0 saturated heterocycles. The molecule has 3 aromatic rings. The van der Waals surface area contributed by atoms with Crippen molar-refractivity contribution >= 4 is 17.1 Å². The highest BCUT2D eigenvalue weighted by molar-refractivity contribution is 5.78. The molecule has 22 heavy (non-hydrogen) atoms. The van der Waals surface area contributed by atoms with Crippen LogP contribution in [0, 0.1) is 6.92 Å². The molecule has 0 saturated carbocycles. The van der Waals surface area contributed by atoms with Crippen LogP contribution >= 0.6 is 0 Å². The van der Waals surface area contributed by atoms with Crippen molar-refractivity contribution in [2.24, 2.45) is 0 Å². The Morgan fingerprint density at radius 3 is 1.45 bits per heavy atom. The van der Waals surface area contributed by atoms with E-state index in [0.29, 0.717) is 11.3 Å². The van der Waals surface area contributed by atoms with E-state index in [1.54, 1.807) is 19.1 Å². The molecule has 0 unspecified atom stereocenters. The number of phenols is 2. The third-order valence-corrected chi connectivity index (χ3v) is 3.62. The molecule has 0 atom stereocenters. The average molecular weight is 291 g/mol. The van der Waals surface area contributed by atoms with E-state index >= 15 is 0 Å². The predicted molar refractivity (Wildman–Crippen MR) is 89.2 cm³/mol. The second-order valence-corrected chi connectivity index (χ2v) is 5.12. The highest BCUT2D eigenvalue weighted by Crippen LogP contribution is 2.39. The smallest absolute Gasteiger partial charge is 0.124 e. The standard InChI is InChI=1S/C19H17NO2/c1-14-18(21)12-17(13-19(14)22)20(15-8-4-2-5-9-15)16-10-6-3-7-11-16/h2-13,21-22H,1H3. The molecule has 0 aliphatic heterocycles. The van der Waals surface area contributed by atoms with E-state index in [1.165, 1.54) is 0 Å². The fraction of sp³-hybridized carbons (Fsp3) is 0.0526. The Balaban J connectivity index is 2.19. The van der Waals surface area contributed by atoms with Gasteiger partial charge in [0.1, 0.15) is 11.5 Å². The summed E-state index contributed by atoms with van der Waals surface area (Å²) in [4.78, 5) is 1.98. The van der Waals surface area contributed by atoms with Gasteiger partial charge in [0.25, 0.3) is 0 Å². The van der Waals surface area contributed by atoms with Crippen LogP contribution in [0.1, 0.15) is 5.56 Å². The zero-order valence-corrected chi connectivity index (χ0v) is 12.3. The molecule has 0 fully saturated rings. The van der Waals surface area contributed by atoms with E-state index < -0.39 is 0 Å². The minimum Gasteiger partial charge on any atom is -0.507 e. The molecule has 0 amide bonds. The number of hydrogen-bond acceptors (Lipinski definition) is 3. The first-order chi connectivity index (χ1) is 10.7. The second kappa shape index (κ2) is 5.82.